The summed E-state index contributed by atoms with van der Waals surface area (Å²) in [5.41, 5.74) is 0.951. The van der Waals surface area contributed by atoms with Gasteiger partial charge in [0.1, 0.15) is 0 Å². The predicted octanol–water partition coefficient (Wildman–Crippen LogP) is 2.92. The summed E-state index contributed by atoms with van der Waals surface area (Å²) >= 11 is 0. The predicted molar refractivity (Wildman–Crippen MR) is 48.6 cm³/mol. The molecule has 0 unspecified atom stereocenters. The van der Waals surface area contributed by atoms with Crippen molar-refractivity contribution in [3.05, 3.63) is 29.6 Å². The van der Waals surface area contributed by atoms with Crippen molar-refractivity contribution in [3.8, 4) is 0 Å². The number of nitrogens with zero attached hydrogens (tertiary/aromatic N) is 1. The molecule has 1 aromatic rings. The van der Waals surface area contributed by atoms with Gasteiger partial charge in [0.05, 0.1) is 6.42 Å². The number of aromatic nitrogens is 1. The van der Waals surface area contributed by atoms with E-state index in [0.717, 1.165) is 5.69 Å². The highest BCUT2D eigenvalue weighted by atomic mass is 19.4. The van der Waals surface area contributed by atoms with Crippen LogP contribution in [0.2, 0.25) is 0 Å². The second kappa shape index (κ2) is 4.42. The van der Waals surface area contributed by atoms with Gasteiger partial charge in [0.25, 0.3) is 0 Å². The molecule has 0 N–H and O–H groups in total. The summed E-state index contributed by atoms with van der Waals surface area (Å²) in [5, 5.41) is 0. The molecule has 0 aliphatic carbocycles. The third kappa shape index (κ3) is 4.10. The number of carbonyl (C=O) groups is 1. The molecule has 0 saturated carbocycles. The SMILES string of the molecule is Cc1ccc(C(=O)CCC(F)(F)F)cn1. The van der Waals surface area contributed by atoms with Crippen LogP contribution in [0.5, 0.6) is 0 Å². The average Bonchev–Trinajstić information content (AvgIpc) is 2.14. The molecule has 0 amide bonds. The number of alkyl halides is 3. The zero-order valence-electron chi connectivity index (χ0n) is 8.14. The fourth-order valence-electron chi connectivity index (χ4n) is 1.03. The van der Waals surface area contributed by atoms with Gasteiger partial charge in [-0.15, -0.1) is 0 Å². The summed E-state index contributed by atoms with van der Waals surface area (Å²) < 4.78 is 35.5. The van der Waals surface area contributed by atoms with Gasteiger partial charge in [0.15, 0.2) is 5.78 Å². The summed E-state index contributed by atoms with van der Waals surface area (Å²) in [6.07, 6.45) is -4.59. The van der Waals surface area contributed by atoms with Crippen molar-refractivity contribution in [2.24, 2.45) is 0 Å². The number of halogens is 3. The fourth-order valence-corrected chi connectivity index (χ4v) is 1.03. The molecule has 15 heavy (non-hydrogen) atoms. The molecule has 0 radical (unpaired) electrons. The number of hydrogen-bond acceptors (Lipinski definition) is 2. The van der Waals surface area contributed by atoms with Gasteiger partial charge in [-0.1, -0.05) is 0 Å². The van der Waals surface area contributed by atoms with Crippen LogP contribution in [0.4, 0.5) is 13.2 Å². The van der Waals surface area contributed by atoms with Crippen molar-refractivity contribution < 1.29 is 18.0 Å². The molecule has 2 nitrogen and oxygen atoms in total. The first kappa shape index (κ1) is 11.7. The molecule has 0 aliphatic rings. The van der Waals surface area contributed by atoms with Gasteiger partial charge in [-0.25, -0.2) is 0 Å². The molecular weight excluding hydrogens is 207 g/mol. The Morgan fingerprint density at radius 3 is 2.53 bits per heavy atom. The van der Waals surface area contributed by atoms with Crippen LogP contribution in [0.25, 0.3) is 0 Å². The van der Waals surface area contributed by atoms with Gasteiger partial charge < -0.3 is 0 Å². The van der Waals surface area contributed by atoms with Crippen molar-refractivity contribution in [2.75, 3.05) is 0 Å². The molecular formula is C10H10F3NO. The molecule has 0 fully saturated rings. The van der Waals surface area contributed by atoms with Crippen LogP contribution < -0.4 is 0 Å². The van der Waals surface area contributed by atoms with E-state index in [1.54, 1.807) is 13.0 Å². The molecule has 0 atom stereocenters. The number of ketones is 1. The minimum atomic E-state index is -4.28. The summed E-state index contributed by atoms with van der Waals surface area (Å²) in [7, 11) is 0. The highest BCUT2D eigenvalue weighted by Crippen LogP contribution is 2.22. The Morgan fingerprint density at radius 1 is 1.40 bits per heavy atom. The minimum Gasteiger partial charge on any atom is -0.294 e. The van der Waals surface area contributed by atoms with E-state index >= 15 is 0 Å². The van der Waals surface area contributed by atoms with Crippen LogP contribution in [0.15, 0.2) is 18.3 Å². The fraction of sp³-hybridized carbons (Fsp3) is 0.400. The minimum absolute atomic E-state index is 0.227. The summed E-state index contributed by atoms with van der Waals surface area (Å²) in [6.45, 7) is 1.74. The first-order valence-electron chi connectivity index (χ1n) is 4.41. The Labute approximate surface area is 85.1 Å². The van der Waals surface area contributed by atoms with Crippen molar-refractivity contribution in [1.29, 1.82) is 0 Å². The van der Waals surface area contributed by atoms with E-state index < -0.39 is 24.8 Å². The second-order valence-corrected chi connectivity index (χ2v) is 3.23. The van der Waals surface area contributed by atoms with E-state index in [-0.39, 0.29) is 5.56 Å². The normalized spacial score (nSPS) is 11.5. The summed E-state index contributed by atoms with van der Waals surface area (Å²) in [5.74, 6) is -0.528. The first-order valence-corrected chi connectivity index (χ1v) is 4.41. The quantitative estimate of drug-likeness (QED) is 0.728. The largest absolute Gasteiger partial charge is 0.389 e. The van der Waals surface area contributed by atoms with Crippen LogP contribution in [-0.2, 0) is 0 Å². The maximum absolute atomic E-state index is 11.8. The lowest BCUT2D eigenvalue weighted by atomic mass is 10.1. The van der Waals surface area contributed by atoms with Gasteiger partial charge in [-0.05, 0) is 19.1 Å². The molecule has 0 saturated heterocycles. The molecule has 82 valence electrons. The van der Waals surface area contributed by atoms with E-state index in [0.29, 0.717) is 0 Å². The lowest BCUT2D eigenvalue weighted by Gasteiger charge is -2.05. The number of aryl methyl sites for hydroxylation is 1. The molecule has 0 bridgehead atoms. The number of pyridine rings is 1. The van der Waals surface area contributed by atoms with E-state index in [4.69, 9.17) is 0 Å². The lowest BCUT2D eigenvalue weighted by Crippen LogP contribution is -2.11. The smallest absolute Gasteiger partial charge is 0.294 e. The van der Waals surface area contributed by atoms with Crippen molar-refractivity contribution in [2.45, 2.75) is 25.9 Å². The van der Waals surface area contributed by atoms with E-state index in [2.05, 4.69) is 4.98 Å². The first-order chi connectivity index (χ1) is 6.88. The molecule has 0 spiro atoms. The third-order valence-corrected chi connectivity index (χ3v) is 1.87. The van der Waals surface area contributed by atoms with Gasteiger partial charge >= 0.3 is 6.18 Å². The van der Waals surface area contributed by atoms with Crippen LogP contribution in [0, 0.1) is 6.92 Å². The average molecular weight is 217 g/mol. The van der Waals surface area contributed by atoms with Crippen molar-refractivity contribution in [3.63, 3.8) is 0 Å². The Hall–Kier alpha value is -1.39. The Bertz CT molecular complexity index is 343. The monoisotopic (exact) mass is 217 g/mol. The van der Waals surface area contributed by atoms with Gasteiger partial charge in [-0.2, -0.15) is 13.2 Å². The van der Waals surface area contributed by atoms with E-state index in [9.17, 15) is 18.0 Å². The molecule has 5 heteroatoms. The van der Waals surface area contributed by atoms with Gasteiger partial charge in [0, 0.05) is 23.9 Å². The highest BCUT2D eigenvalue weighted by molar-refractivity contribution is 5.95. The topological polar surface area (TPSA) is 30.0 Å². The zero-order chi connectivity index (χ0) is 11.5. The van der Waals surface area contributed by atoms with E-state index in [1.807, 2.05) is 0 Å². The molecule has 0 aliphatic heterocycles. The third-order valence-electron chi connectivity index (χ3n) is 1.87. The zero-order valence-corrected chi connectivity index (χ0v) is 8.14. The van der Waals surface area contributed by atoms with Crippen LogP contribution in [0.1, 0.15) is 28.9 Å². The van der Waals surface area contributed by atoms with Gasteiger partial charge in [-0.3, -0.25) is 9.78 Å². The molecule has 1 aromatic heterocycles. The van der Waals surface area contributed by atoms with Crippen LogP contribution >= 0.6 is 0 Å². The number of rotatable bonds is 3. The van der Waals surface area contributed by atoms with Crippen molar-refractivity contribution in [1.82, 2.24) is 4.98 Å². The summed E-state index contributed by atoms with van der Waals surface area (Å²) in [6, 6.07) is 3.09. The Morgan fingerprint density at radius 2 is 2.07 bits per heavy atom. The standard InChI is InChI=1S/C10H10F3NO/c1-7-2-3-8(6-14-7)9(15)4-5-10(11,12)13/h2-3,6H,4-5H2,1H3. The Kier molecular flexibility index (Phi) is 3.44. The maximum atomic E-state index is 11.8. The number of Topliss-reactive ketones (excluding diaryl/α,β-unsaturated/α-hetero) is 1. The molecule has 1 rings (SSSR count). The Balaban J connectivity index is 2.58. The second-order valence-electron chi connectivity index (χ2n) is 3.23. The molecule has 1 heterocycles. The number of carbonyl (C=O) groups excluding carboxylic acids is 1. The van der Waals surface area contributed by atoms with E-state index in [1.165, 1.54) is 12.3 Å². The van der Waals surface area contributed by atoms with Crippen LogP contribution in [-0.4, -0.2) is 16.9 Å². The maximum Gasteiger partial charge on any atom is 0.389 e. The highest BCUT2D eigenvalue weighted by Gasteiger charge is 2.28. The van der Waals surface area contributed by atoms with Gasteiger partial charge in [0.2, 0.25) is 0 Å². The van der Waals surface area contributed by atoms with Crippen LogP contribution in [0.3, 0.4) is 0 Å². The lowest BCUT2D eigenvalue weighted by molar-refractivity contribution is -0.133. The summed E-state index contributed by atoms with van der Waals surface area (Å²) in [4.78, 5) is 15.1. The van der Waals surface area contributed by atoms with Crippen molar-refractivity contribution >= 4 is 5.78 Å². The number of hydrogen-bond donors (Lipinski definition) is 0. The molecule has 0 aromatic carbocycles.